The van der Waals surface area contributed by atoms with Gasteiger partial charge in [0.15, 0.2) is 0 Å². The number of fused-ring (bicyclic) bond motifs is 1. The molecule has 1 aliphatic rings. The molecule has 1 fully saturated rings. The minimum absolute atomic E-state index is 0.0304. The van der Waals surface area contributed by atoms with Crippen molar-refractivity contribution in [1.82, 2.24) is 19.8 Å². The van der Waals surface area contributed by atoms with Crippen LogP contribution in [-0.4, -0.2) is 33.4 Å². The summed E-state index contributed by atoms with van der Waals surface area (Å²) in [5.74, 6) is -0.318. The summed E-state index contributed by atoms with van der Waals surface area (Å²) in [6.45, 7) is 2.68. The van der Waals surface area contributed by atoms with Crippen LogP contribution in [0.5, 0.6) is 0 Å². The first-order chi connectivity index (χ1) is 16.6. The van der Waals surface area contributed by atoms with Crippen molar-refractivity contribution in [3.63, 3.8) is 0 Å². The molecule has 174 valence electrons. The minimum Gasteiger partial charge on any atom is -0.353 e. The van der Waals surface area contributed by atoms with E-state index < -0.39 is 6.04 Å². The Morgan fingerprint density at radius 1 is 1.03 bits per heavy atom. The van der Waals surface area contributed by atoms with Crippen LogP contribution in [0, 0.1) is 11.7 Å². The van der Waals surface area contributed by atoms with E-state index in [0.29, 0.717) is 0 Å². The number of hydrogen-bond acceptors (Lipinski definition) is 3. The molecule has 5 rings (SSSR count). The molecule has 1 amide bonds. The van der Waals surface area contributed by atoms with Gasteiger partial charge in [-0.25, -0.2) is 4.39 Å². The van der Waals surface area contributed by atoms with E-state index in [4.69, 9.17) is 4.98 Å². The SMILES string of the molecule is Cn1cccc1CN1CCC(C(=O)NC(c2ccc(F)cc2)c2ccc3ccccc3n2)CC1. The number of halogens is 1. The van der Waals surface area contributed by atoms with Crippen molar-refractivity contribution in [2.75, 3.05) is 13.1 Å². The summed E-state index contributed by atoms with van der Waals surface area (Å²) in [6, 6.07) is 21.9. The van der Waals surface area contributed by atoms with Crippen molar-refractivity contribution in [2.24, 2.45) is 13.0 Å². The van der Waals surface area contributed by atoms with Crippen LogP contribution in [-0.2, 0) is 18.4 Å². The monoisotopic (exact) mass is 456 g/mol. The average Bonchev–Trinajstić information content (AvgIpc) is 3.27. The molecule has 6 heteroatoms. The number of carbonyl (C=O) groups excluding carboxylic acids is 1. The maximum atomic E-state index is 13.6. The molecule has 1 saturated heterocycles. The molecule has 0 bridgehead atoms. The number of aromatic nitrogens is 2. The number of rotatable bonds is 6. The van der Waals surface area contributed by atoms with Gasteiger partial charge in [0.05, 0.1) is 17.3 Å². The first kappa shape index (κ1) is 22.3. The van der Waals surface area contributed by atoms with Crippen molar-refractivity contribution in [3.05, 3.63) is 102 Å². The predicted molar refractivity (Wildman–Crippen MR) is 132 cm³/mol. The normalized spacial score (nSPS) is 15.9. The molecule has 3 heterocycles. The molecule has 0 saturated carbocycles. The van der Waals surface area contributed by atoms with Crippen molar-refractivity contribution < 1.29 is 9.18 Å². The van der Waals surface area contributed by atoms with Gasteiger partial charge in [0.2, 0.25) is 5.91 Å². The lowest BCUT2D eigenvalue weighted by Gasteiger charge is -2.32. The van der Waals surface area contributed by atoms with Gasteiger partial charge in [-0.2, -0.15) is 0 Å². The molecule has 0 spiro atoms. The van der Waals surface area contributed by atoms with Gasteiger partial charge >= 0.3 is 0 Å². The number of aryl methyl sites for hydroxylation is 1. The number of nitrogens with zero attached hydrogens (tertiary/aromatic N) is 3. The molecular weight excluding hydrogens is 427 g/mol. The minimum atomic E-state index is -0.431. The first-order valence-electron chi connectivity index (χ1n) is 11.8. The standard InChI is InChI=1S/C28H29FN4O/c1-32-16-4-6-24(32)19-33-17-14-22(15-18-33)28(34)31-27(21-8-11-23(29)12-9-21)26-13-10-20-5-2-3-7-25(20)30-26/h2-13,16,22,27H,14-15,17-19H2,1H3,(H,31,34). The van der Waals surface area contributed by atoms with Crippen molar-refractivity contribution in [2.45, 2.75) is 25.4 Å². The smallest absolute Gasteiger partial charge is 0.224 e. The number of pyridine rings is 1. The highest BCUT2D eigenvalue weighted by molar-refractivity contribution is 5.81. The Morgan fingerprint density at radius 2 is 1.79 bits per heavy atom. The average molecular weight is 457 g/mol. The number of nitrogens with one attached hydrogen (secondary N) is 1. The van der Waals surface area contributed by atoms with Gasteiger partial charge in [0.25, 0.3) is 0 Å². The van der Waals surface area contributed by atoms with Crippen molar-refractivity contribution in [1.29, 1.82) is 0 Å². The Bertz CT molecular complexity index is 1280. The number of para-hydroxylation sites is 1. The van der Waals surface area contributed by atoms with Gasteiger partial charge in [-0.3, -0.25) is 14.7 Å². The second kappa shape index (κ2) is 9.77. The number of likely N-dealkylation sites (tertiary alicyclic amines) is 1. The van der Waals surface area contributed by atoms with Crippen LogP contribution >= 0.6 is 0 Å². The molecule has 4 aromatic rings. The van der Waals surface area contributed by atoms with E-state index in [9.17, 15) is 9.18 Å². The predicted octanol–water partition coefficient (Wildman–Crippen LogP) is 4.83. The van der Waals surface area contributed by atoms with E-state index in [1.54, 1.807) is 12.1 Å². The van der Waals surface area contributed by atoms with E-state index in [-0.39, 0.29) is 17.6 Å². The molecule has 5 nitrogen and oxygen atoms in total. The zero-order chi connectivity index (χ0) is 23.5. The fourth-order valence-electron chi connectivity index (χ4n) is 4.73. The number of benzene rings is 2. The Hall–Kier alpha value is -3.51. The third kappa shape index (κ3) is 4.87. The van der Waals surface area contributed by atoms with E-state index in [1.807, 2.05) is 36.4 Å². The van der Waals surface area contributed by atoms with E-state index >= 15 is 0 Å². The molecule has 0 aliphatic carbocycles. The lowest BCUT2D eigenvalue weighted by Crippen LogP contribution is -2.41. The van der Waals surface area contributed by atoms with Gasteiger partial charge in [0.1, 0.15) is 5.82 Å². The fourth-order valence-corrected chi connectivity index (χ4v) is 4.73. The largest absolute Gasteiger partial charge is 0.353 e. The molecule has 0 radical (unpaired) electrons. The lowest BCUT2D eigenvalue weighted by molar-refractivity contribution is -0.127. The highest BCUT2D eigenvalue weighted by atomic mass is 19.1. The van der Waals surface area contributed by atoms with E-state index in [2.05, 4.69) is 40.2 Å². The maximum absolute atomic E-state index is 13.6. The molecular formula is C28H29FN4O. The summed E-state index contributed by atoms with van der Waals surface area (Å²) in [5.41, 5.74) is 3.72. The van der Waals surface area contributed by atoms with Crippen molar-refractivity contribution in [3.8, 4) is 0 Å². The van der Waals surface area contributed by atoms with Crippen LogP contribution in [0.15, 0.2) is 79.0 Å². The van der Waals surface area contributed by atoms with Crippen LogP contribution in [0.1, 0.15) is 35.8 Å². The Morgan fingerprint density at radius 3 is 2.53 bits per heavy atom. The molecule has 34 heavy (non-hydrogen) atoms. The lowest BCUT2D eigenvalue weighted by atomic mass is 9.94. The van der Waals surface area contributed by atoms with Gasteiger partial charge in [-0.15, -0.1) is 0 Å². The summed E-state index contributed by atoms with van der Waals surface area (Å²) in [7, 11) is 2.06. The molecule has 1 unspecified atom stereocenters. The summed E-state index contributed by atoms with van der Waals surface area (Å²) >= 11 is 0. The number of carbonyl (C=O) groups is 1. The third-order valence-electron chi connectivity index (χ3n) is 6.80. The van der Waals surface area contributed by atoms with Gasteiger partial charge < -0.3 is 9.88 Å². The Kier molecular flexibility index (Phi) is 6.41. The van der Waals surface area contributed by atoms with Gasteiger partial charge in [-0.05, 0) is 67.9 Å². The molecule has 1 N–H and O–H groups in total. The summed E-state index contributed by atoms with van der Waals surface area (Å²) in [6.07, 6.45) is 3.70. The molecule has 1 aliphatic heterocycles. The second-order valence-electron chi connectivity index (χ2n) is 9.08. The highest BCUT2D eigenvalue weighted by Gasteiger charge is 2.28. The van der Waals surface area contributed by atoms with Crippen LogP contribution in [0.2, 0.25) is 0 Å². The number of piperidine rings is 1. The van der Waals surface area contributed by atoms with Gasteiger partial charge in [-0.1, -0.05) is 36.4 Å². The van der Waals surface area contributed by atoms with Crippen molar-refractivity contribution >= 4 is 16.8 Å². The zero-order valence-corrected chi connectivity index (χ0v) is 19.3. The summed E-state index contributed by atoms with van der Waals surface area (Å²) in [5, 5.41) is 4.27. The topological polar surface area (TPSA) is 50.2 Å². The van der Waals surface area contributed by atoms with Crippen LogP contribution in [0.25, 0.3) is 10.9 Å². The number of amides is 1. The Labute approximate surface area is 199 Å². The Balaban J connectivity index is 1.31. The second-order valence-corrected chi connectivity index (χ2v) is 9.08. The van der Waals surface area contributed by atoms with E-state index in [1.165, 1.54) is 17.8 Å². The zero-order valence-electron chi connectivity index (χ0n) is 19.3. The maximum Gasteiger partial charge on any atom is 0.224 e. The molecule has 2 aromatic carbocycles. The number of hydrogen-bond donors (Lipinski definition) is 1. The molecule has 2 aromatic heterocycles. The molecule has 1 atom stereocenters. The summed E-state index contributed by atoms with van der Waals surface area (Å²) < 4.78 is 15.7. The third-order valence-corrected chi connectivity index (χ3v) is 6.80. The highest BCUT2D eigenvalue weighted by Crippen LogP contribution is 2.26. The van der Waals surface area contributed by atoms with Crippen LogP contribution in [0.4, 0.5) is 4.39 Å². The van der Waals surface area contributed by atoms with Gasteiger partial charge in [0, 0.05) is 36.8 Å². The van der Waals surface area contributed by atoms with Crippen LogP contribution < -0.4 is 5.32 Å². The van der Waals surface area contributed by atoms with E-state index in [0.717, 1.165) is 54.6 Å². The van der Waals surface area contributed by atoms with Crippen LogP contribution in [0.3, 0.4) is 0 Å². The fraction of sp³-hybridized carbons (Fsp3) is 0.286. The quantitative estimate of drug-likeness (QED) is 0.452. The summed E-state index contributed by atoms with van der Waals surface area (Å²) in [4.78, 5) is 20.5. The first-order valence-corrected chi connectivity index (χ1v) is 11.8.